The van der Waals surface area contributed by atoms with Crippen LogP contribution in [0.2, 0.25) is 0 Å². The van der Waals surface area contributed by atoms with E-state index in [4.69, 9.17) is 4.74 Å². The Hall–Kier alpha value is -2.17. The van der Waals surface area contributed by atoms with Gasteiger partial charge in [-0.25, -0.2) is 4.79 Å². The maximum absolute atomic E-state index is 13.0. The number of thiophene rings is 2. The number of rotatable bonds is 6. The summed E-state index contributed by atoms with van der Waals surface area (Å²) in [6.45, 7) is 8.03. The second-order valence-electron chi connectivity index (χ2n) is 9.79. The van der Waals surface area contributed by atoms with Gasteiger partial charge in [-0.3, -0.25) is 5.32 Å². The minimum atomic E-state index is -1.06. The molecule has 9 heteroatoms. The molecule has 2 aliphatic rings. The fourth-order valence-electron chi connectivity index (χ4n) is 4.74. The quantitative estimate of drug-likeness (QED) is 0.364. The molecule has 0 saturated carbocycles. The molecular formula is C25H32N4O3S2. The second kappa shape index (κ2) is 9.47. The second-order valence-corrected chi connectivity index (χ2v) is 12.0. The van der Waals surface area contributed by atoms with Gasteiger partial charge in [0.25, 0.3) is 0 Å². The third kappa shape index (κ3) is 4.81. The number of anilines is 1. The summed E-state index contributed by atoms with van der Waals surface area (Å²) in [7, 11) is 0. The number of aryl methyl sites for hydroxylation is 1. The van der Waals surface area contributed by atoms with E-state index in [2.05, 4.69) is 20.5 Å². The number of urea groups is 1. The van der Waals surface area contributed by atoms with Crippen molar-refractivity contribution in [3.63, 3.8) is 0 Å². The molecule has 3 aromatic rings. The van der Waals surface area contributed by atoms with Gasteiger partial charge in [-0.1, -0.05) is 0 Å². The molecule has 4 heterocycles. The zero-order valence-corrected chi connectivity index (χ0v) is 21.5. The lowest BCUT2D eigenvalue weighted by Gasteiger charge is -2.25. The van der Waals surface area contributed by atoms with Gasteiger partial charge >= 0.3 is 6.03 Å². The highest BCUT2D eigenvalue weighted by molar-refractivity contribution is 7.16. The Morgan fingerprint density at radius 3 is 2.74 bits per heavy atom. The van der Waals surface area contributed by atoms with E-state index < -0.39 is 11.9 Å². The summed E-state index contributed by atoms with van der Waals surface area (Å²) < 4.78 is 7.98. The van der Waals surface area contributed by atoms with Gasteiger partial charge in [0.1, 0.15) is 10.0 Å². The molecule has 5 rings (SSSR count). The first kappa shape index (κ1) is 23.6. The molecule has 7 nitrogen and oxygen atoms in total. The minimum absolute atomic E-state index is 0.267. The Morgan fingerprint density at radius 1 is 1.18 bits per heavy atom. The molecule has 1 unspecified atom stereocenters. The first-order valence-corrected chi connectivity index (χ1v) is 13.5. The van der Waals surface area contributed by atoms with Crippen molar-refractivity contribution in [2.45, 2.75) is 71.4 Å². The van der Waals surface area contributed by atoms with Crippen molar-refractivity contribution in [2.75, 3.05) is 11.9 Å². The molecule has 182 valence electrons. The SMILES string of the molecule is CC(C)(C)OC(O)c1c(NC(=O)NCc2c(-n3cccc3)sc3c2CCNC3)sc2c1CCC2. The lowest BCUT2D eigenvalue weighted by Crippen LogP contribution is -2.30. The molecule has 34 heavy (non-hydrogen) atoms. The fraction of sp³-hybridized carbons (Fsp3) is 0.480. The van der Waals surface area contributed by atoms with Gasteiger partial charge < -0.3 is 25.0 Å². The molecule has 1 atom stereocenters. The molecule has 1 aliphatic carbocycles. The van der Waals surface area contributed by atoms with E-state index >= 15 is 0 Å². The topological polar surface area (TPSA) is 87.6 Å². The smallest absolute Gasteiger partial charge is 0.320 e. The van der Waals surface area contributed by atoms with Crippen LogP contribution < -0.4 is 16.0 Å². The van der Waals surface area contributed by atoms with Gasteiger partial charge in [-0.05, 0) is 76.3 Å². The van der Waals surface area contributed by atoms with Crippen LogP contribution in [0.3, 0.4) is 0 Å². The van der Waals surface area contributed by atoms with Crippen LogP contribution in [0.15, 0.2) is 24.5 Å². The highest BCUT2D eigenvalue weighted by Gasteiger charge is 2.30. The van der Waals surface area contributed by atoms with Crippen LogP contribution in [0, 0.1) is 0 Å². The van der Waals surface area contributed by atoms with E-state index in [1.165, 1.54) is 20.9 Å². The van der Waals surface area contributed by atoms with Crippen LogP contribution in [0.5, 0.6) is 0 Å². The summed E-state index contributed by atoms with van der Waals surface area (Å²) in [6, 6.07) is 3.77. The van der Waals surface area contributed by atoms with Crippen LogP contribution in [-0.4, -0.2) is 27.9 Å². The summed E-state index contributed by atoms with van der Waals surface area (Å²) in [5, 5.41) is 22.2. The number of amides is 2. The maximum atomic E-state index is 13.0. The number of hydrogen-bond donors (Lipinski definition) is 4. The molecule has 4 N–H and O–H groups in total. The molecule has 2 amide bonds. The number of carbonyl (C=O) groups is 1. The number of fused-ring (bicyclic) bond motifs is 2. The number of aliphatic hydroxyl groups is 1. The van der Waals surface area contributed by atoms with Crippen LogP contribution in [0.4, 0.5) is 9.80 Å². The number of nitrogens with one attached hydrogen (secondary N) is 3. The van der Waals surface area contributed by atoms with Crippen molar-refractivity contribution in [1.29, 1.82) is 0 Å². The number of ether oxygens (including phenoxy) is 1. The predicted molar refractivity (Wildman–Crippen MR) is 137 cm³/mol. The van der Waals surface area contributed by atoms with E-state index in [9.17, 15) is 9.90 Å². The molecule has 3 aromatic heterocycles. The van der Waals surface area contributed by atoms with Gasteiger partial charge in [-0.15, -0.1) is 22.7 Å². The summed E-state index contributed by atoms with van der Waals surface area (Å²) in [5.74, 6) is 0. The number of hydrogen-bond acceptors (Lipinski definition) is 6. The highest BCUT2D eigenvalue weighted by atomic mass is 32.1. The normalized spacial score (nSPS) is 16.2. The molecule has 0 saturated heterocycles. The molecule has 1 aliphatic heterocycles. The molecule has 0 fully saturated rings. The van der Waals surface area contributed by atoms with E-state index in [1.54, 1.807) is 22.7 Å². The van der Waals surface area contributed by atoms with Crippen LogP contribution in [0.1, 0.15) is 65.5 Å². The van der Waals surface area contributed by atoms with Crippen molar-refractivity contribution in [3.05, 3.63) is 56.5 Å². The van der Waals surface area contributed by atoms with Gasteiger partial charge in [0.2, 0.25) is 0 Å². The monoisotopic (exact) mass is 500 g/mol. The first-order chi connectivity index (χ1) is 16.3. The lowest BCUT2D eigenvalue weighted by atomic mass is 10.0. The Balaban J connectivity index is 1.34. The number of carbonyl (C=O) groups excluding carboxylic acids is 1. The van der Waals surface area contributed by atoms with Gasteiger partial charge in [0.15, 0.2) is 6.29 Å². The summed E-state index contributed by atoms with van der Waals surface area (Å²) in [4.78, 5) is 15.6. The van der Waals surface area contributed by atoms with Gasteiger partial charge in [0.05, 0.1) is 5.60 Å². The largest absolute Gasteiger partial charge is 0.364 e. The van der Waals surface area contributed by atoms with Crippen molar-refractivity contribution >= 4 is 33.7 Å². The lowest BCUT2D eigenvalue weighted by molar-refractivity contribution is -0.169. The van der Waals surface area contributed by atoms with Crippen LogP contribution in [0.25, 0.3) is 5.00 Å². The van der Waals surface area contributed by atoms with Gasteiger partial charge in [-0.2, -0.15) is 0 Å². The summed E-state index contributed by atoms with van der Waals surface area (Å²) in [5.41, 5.74) is 3.88. The summed E-state index contributed by atoms with van der Waals surface area (Å²) >= 11 is 3.34. The molecular weight excluding hydrogens is 468 g/mol. The predicted octanol–water partition coefficient (Wildman–Crippen LogP) is 4.86. The number of nitrogens with zero attached hydrogens (tertiary/aromatic N) is 1. The van der Waals surface area contributed by atoms with E-state index in [0.29, 0.717) is 11.5 Å². The van der Waals surface area contributed by atoms with Crippen molar-refractivity contribution in [3.8, 4) is 5.00 Å². The Labute approximate surface area is 208 Å². The number of aliphatic hydroxyl groups excluding tert-OH is 1. The zero-order valence-electron chi connectivity index (χ0n) is 19.9. The van der Waals surface area contributed by atoms with Crippen molar-refractivity contribution in [1.82, 2.24) is 15.2 Å². The minimum Gasteiger partial charge on any atom is -0.364 e. The van der Waals surface area contributed by atoms with E-state index in [-0.39, 0.29) is 6.03 Å². The first-order valence-electron chi connectivity index (χ1n) is 11.8. The molecule has 0 aromatic carbocycles. The number of aromatic nitrogens is 1. The van der Waals surface area contributed by atoms with E-state index in [0.717, 1.165) is 54.9 Å². The Bertz CT molecular complexity index is 1170. The molecule has 0 radical (unpaired) electrons. The average molecular weight is 501 g/mol. The van der Waals surface area contributed by atoms with Crippen molar-refractivity contribution < 1.29 is 14.6 Å². The highest BCUT2D eigenvalue weighted by Crippen LogP contribution is 2.43. The average Bonchev–Trinajstić information content (AvgIpc) is 3.53. The molecule has 0 spiro atoms. The Kier molecular flexibility index (Phi) is 6.56. The van der Waals surface area contributed by atoms with E-state index in [1.807, 2.05) is 45.3 Å². The summed E-state index contributed by atoms with van der Waals surface area (Å²) in [6.07, 6.45) is 6.95. The third-order valence-corrected chi connectivity index (χ3v) is 8.69. The van der Waals surface area contributed by atoms with Crippen molar-refractivity contribution in [2.24, 2.45) is 0 Å². The standard InChI is InChI=1S/C25H32N4O3S2/c1-25(2,3)32-23(30)20-16-7-6-8-18(16)33-21(20)28-24(31)27-13-17-15-9-10-26-14-19(15)34-22(17)29-11-4-5-12-29/h4-5,11-12,23,26,30H,6-10,13-14H2,1-3H3,(H2,27,28,31). The maximum Gasteiger partial charge on any atom is 0.320 e. The third-order valence-electron chi connectivity index (χ3n) is 6.18. The van der Waals surface area contributed by atoms with Gasteiger partial charge in [0, 0.05) is 46.4 Å². The molecule has 0 bridgehead atoms. The zero-order chi connectivity index (χ0) is 23.9. The Morgan fingerprint density at radius 2 is 1.97 bits per heavy atom. The van der Waals surface area contributed by atoms with Crippen LogP contribution in [-0.2, 0) is 37.1 Å². The van der Waals surface area contributed by atoms with Crippen LogP contribution >= 0.6 is 22.7 Å². The fourth-order valence-corrected chi connectivity index (χ4v) is 7.35.